The van der Waals surface area contributed by atoms with Crippen LogP contribution in [-0.2, 0) is 4.79 Å². The fourth-order valence-corrected chi connectivity index (χ4v) is 2.81. The minimum Gasteiger partial charge on any atom is -0.338 e. The molecule has 114 valence electrons. The van der Waals surface area contributed by atoms with Gasteiger partial charge in [0.05, 0.1) is 0 Å². The van der Waals surface area contributed by atoms with Crippen LogP contribution < -0.4 is 5.32 Å². The van der Waals surface area contributed by atoms with Crippen LogP contribution in [0.5, 0.6) is 0 Å². The van der Waals surface area contributed by atoms with Crippen LogP contribution in [-0.4, -0.2) is 36.5 Å². The molecule has 0 aromatic heterocycles. The highest BCUT2D eigenvalue weighted by Gasteiger charge is 2.29. The van der Waals surface area contributed by atoms with Crippen LogP contribution in [0.1, 0.15) is 59.3 Å². The summed E-state index contributed by atoms with van der Waals surface area (Å²) >= 11 is 0. The highest BCUT2D eigenvalue weighted by Crippen LogP contribution is 2.19. The van der Waals surface area contributed by atoms with Crippen molar-refractivity contribution in [2.45, 2.75) is 65.3 Å². The van der Waals surface area contributed by atoms with Crippen LogP contribution in [0.4, 0.5) is 0 Å². The lowest BCUT2D eigenvalue weighted by molar-refractivity contribution is -0.138. The van der Waals surface area contributed by atoms with E-state index >= 15 is 0 Å². The summed E-state index contributed by atoms with van der Waals surface area (Å²) in [5.41, 5.74) is 0. The summed E-state index contributed by atoms with van der Waals surface area (Å²) in [5, 5.41) is 3.37. The van der Waals surface area contributed by atoms with Gasteiger partial charge in [-0.05, 0) is 32.2 Å². The predicted molar refractivity (Wildman–Crippen MR) is 83.8 cm³/mol. The lowest BCUT2D eigenvalue weighted by Gasteiger charge is -2.31. The van der Waals surface area contributed by atoms with Crippen molar-refractivity contribution in [1.29, 1.82) is 0 Å². The molecule has 19 heavy (non-hydrogen) atoms. The van der Waals surface area contributed by atoms with Crippen LogP contribution in [0.25, 0.3) is 0 Å². The van der Waals surface area contributed by atoms with Crippen molar-refractivity contribution < 1.29 is 4.79 Å². The first-order valence-corrected chi connectivity index (χ1v) is 7.75. The first kappa shape index (κ1) is 18.7. The normalized spacial score (nSPS) is 19.8. The molecule has 0 aromatic rings. The van der Waals surface area contributed by atoms with Crippen LogP contribution in [0, 0.1) is 5.92 Å². The number of unbranched alkanes of at least 4 members (excludes halogenated alkanes) is 1. The smallest absolute Gasteiger partial charge is 0.225 e. The molecule has 2 atom stereocenters. The molecule has 3 nitrogen and oxygen atoms in total. The van der Waals surface area contributed by atoms with E-state index in [0.29, 0.717) is 11.9 Å². The van der Waals surface area contributed by atoms with Gasteiger partial charge in [0.1, 0.15) is 0 Å². The van der Waals surface area contributed by atoms with E-state index in [0.717, 1.165) is 45.3 Å². The molecular weight excluding hydrogens is 260 g/mol. The third-order valence-corrected chi connectivity index (χ3v) is 3.97. The quantitative estimate of drug-likeness (QED) is 0.744. The van der Waals surface area contributed by atoms with Gasteiger partial charge < -0.3 is 10.2 Å². The highest BCUT2D eigenvalue weighted by atomic mass is 35.5. The van der Waals surface area contributed by atoms with Crippen molar-refractivity contribution in [3.8, 4) is 0 Å². The Labute approximate surface area is 124 Å². The molecule has 0 bridgehead atoms. The van der Waals surface area contributed by atoms with Crippen molar-refractivity contribution in [3.63, 3.8) is 0 Å². The molecule has 0 aliphatic carbocycles. The van der Waals surface area contributed by atoms with Gasteiger partial charge in [-0.1, -0.05) is 33.6 Å². The fraction of sp³-hybridized carbons (Fsp3) is 0.933. The van der Waals surface area contributed by atoms with E-state index < -0.39 is 0 Å². The number of hydrogen-bond donors (Lipinski definition) is 1. The second-order valence-electron chi connectivity index (χ2n) is 5.43. The first-order valence-electron chi connectivity index (χ1n) is 7.75. The van der Waals surface area contributed by atoms with E-state index in [1.807, 2.05) is 0 Å². The zero-order chi connectivity index (χ0) is 13.4. The van der Waals surface area contributed by atoms with Gasteiger partial charge in [0.15, 0.2) is 0 Å². The van der Waals surface area contributed by atoms with Crippen LogP contribution in [0.2, 0.25) is 0 Å². The molecule has 1 amide bonds. The van der Waals surface area contributed by atoms with E-state index in [2.05, 4.69) is 31.0 Å². The van der Waals surface area contributed by atoms with Gasteiger partial charge in [-0.3, -0.25) is 4.79 Å². The van der Waals surface area contributed by atoms with Crippen LogP contribution in [0.15, 0.2) is 0 Å². The molecule has 0 aromatic carbocycles. The standard InChI is InChI=1S/C15H30N2O.ClH/c1-4-7-8-13(6-3)15(18)17(11-5-2)14-9-10-16-12-14;/h13-14,16H,4-12H2,1-3H3;1H. The molecule has 1 heterocycles. The van der Waals surface area contributed by atoms with E-state index in [1.165, 1.54) is 12.8 Å². The third-order valence-electron chi connectivity index (χ3n) is 3.97. The maximum atomic E-state index is 12.7. The molecule has 1 aliphatic heterocycles. The molecular formula is C15H31ClN2O. The summed E-state index contributed by atoms with van der Waals surface area (Å²) in [6, 6.07) is 0.438. The van der Waals surface area contributed by atoms with Crippen molar-refractivity contribution in [2.75, 3.05) is 19.6 Å². The second-order valence-corrected chi connectivity index (χ2v) is 5.43. The summed E-state index contributed by atoms with van der Waals surface area (Å²) in [5.74, 6) is 0.651. The Hall–Kier alpha value is -0.280. The van der Waals surface area contributed by atoms with E-state index in [-0.39, 0.29) is 18.3 Å². The van der Waals surface area contributed by atoms with Crippen LogP contribution in [0.3, 0.4) is 0 Å². The second kappa shape index (κ2) is 10.5. The third kappa shape index (κ3) is 5.70. The Morgan fingerprint density at radius 2 is 2.05 bits per heavy atom. The summed E-state index contributed by atoms with van der Waals surface area (Å²) in [6.07, 6.45) is 6.59. The SMILES string of the molecule is CCCCC(CC)C(=O)N(CCC)C1CCNC1.Cl. The molecule has 1 saturated heterocycles. The van der Waals surface area contributed by atoms with Crippen LogP contribution >= 0.6 is 12.4 Å². The van der Waals surface area contributed by atoms with Crippen molar-refractivity contribution in [1.82, 2.24) is 10.2 Å². The van der Waals surface area contributed by atoms with Gasteiger partial charge in [0, 0.05) is 25.0 Å². The molecule has 1 rings (SSSR count). The highest BCUT2D eigenvalue weighted by molar-refractivity contribution is 5.85. The van der Waals surface area contributed by atoms with Crippen molar-refractivity contribution in [3.05, 3.63) is 0 Å². The number of halogens is 1. The van der Waals surface area contributed by atoms with Crippen molar-refractivity contribution >= 4 is 18.3 Å². The molecule has 1 N–H and O–H groups in total. The molecule has 2 unspecified atom stereocenters. The predicted octanol–water partition coefficient (Wildman–Crippen LogP) is 3.23. The van der Waals surface area contributed by atoms with Gasteiger partial charge >= 0.3 is 0 Å². The molecule has 4 heteroatoms. The number of nitrogens with zero attached hydrogens (tertiary/aromatic N) is 1. The Morgan fingerprint density at radius 3 is 2.53 bits per heavy atom. The maximum absolute atomic E-state index is 12.7. The zero-order valence-electron chi connectivity index (χ0n) is 12.8. The van der Waals surface area contributed by atoms with Crippen molar-refractivity contribution in [2.24, 2.45) is 5.92 Å². The van der Waals surface area contributed by atoms with Gasteiger partial charge in [-0.2, -0.15) is 0 Å². The molecule has 1 fully saturated rings. The number of rotatable bonds is 8. The lowest BCUT2D eigenvalue weighted by atomic mass is 9.96. The van der Waals surface area contributed by atoms with E-state index in [1.54, 1.807) is 0 Å². The van der Waals surface area contributed by atoms with E-state index in [9.17, 15) is 4.79 Å². The number of hydrogen-bond acceptors (Lipinski definition) is 2. The average Bonchev–Trinajstić information content (AvgIpc) is 2.90. The maximum Gasteiger partial charge on any atom is 0.225 e. The minimum absolute atomic E-state index is 0. The first-order chi connectivity index (χ1) is 8.74. The Bertz CT molecular complexity index is 242. The largest absolute Gasteiger partial charge is 0.338 e. The average molecular weight is 291 g/mol. The molecule has 0 saturated carbocycles. The monoisotopic (exact) mass is 290 g/mol. The summed E-state index contributed by atoms with van der Waals surface area (Å²) in [7, 11) is 0. The Balaban J connectivity index is 0.00000324. The lowest BCUT2D eigenvalue weighted by Crippen LogP contribution is -2.45. The van der Waals surface area contributed by atoms with Gasteiger partial charge in [0.2, 0.25) is 5.91 Å². The van der Waals surface area contributed by atoms with Gasteiger partial charge in [-0.15, -0.1) is 12.4 Å². The Kier molecular flexibility index (Phi) is 10.3. The summed E-state index contributed by atoms with van der Waals surface area (Å²) in [4.78, 5) is 14.8. The van der Waals surface area contributed by atoms with Gasteiger partial charge in [-0.25, -0.2) is 0 Å². The zero-order valence-corrected chi connectivity index (χ0v) is 13.6. The topological polar surface area (TPSA) is 32.3 Å². The number of amides is 1. The number of carbonyl (C=O) groups is 1. The molecule has 0 spiro atoms. The Morgan fingerprint density at radius 1 is 1.32 bits per heavy atom. The molecule has 1 aliphatic rings. The van der Waals surface area contributed by atoms with Gasteiger partial charge in [0.25, 0.3) is 0 Å². The number of carbonyl (C=O) groups excluding carboxylic acids is 1. The summed E-state index contributed by atoms with van der Waals surface area (Å²) < 4.78 is 0. The summed E-state index contributed by atoms with van der Waals surface area (Å²) in [6.45, 7) is 9.47. The fourth-order valence-electron chi connectivity index (χ4n) is 2.81. The number of nitrogens with one attached hydrogen (secondary N) is 1. The molecule has 0 radical (unpaired) electrons. The van der Waals surface area contributed by atoms with E-state index in [4.69, 9.17) is 0 Å². The minimum atomic E-state index is 0.